The Bertz CT molecular complexity index is 582. The van der Waals surface area contributed by atoms with Crippen molar-refractivity contribution in [1.82, 2.24) is 0 Å². The van der Waals surface area contributed by atoms with Gasteiger partial charge in [-0.15, -0.1) is 11.3 Å². The molecule has 0 saturated carbocycles. The van der Waals surface area contributed by atoms with E-state index < -0.39 is 0 Å². The van der Waals surface area contributed by atoms with Crippen molar-refractivity contribution in [2.75, 3.05) is 12.4 Å². The lowest BCUT2D eigenvalue weighted by Gasteiger charge is -2.04. The zero-order valence-electron chi connectivity index (χ0n) is 9.44. The number of nitrogens with one attached hydrogen (secondary N) is 1. The molecule has 0 atom stereocenters. The molecule has 0 aliphatic heterocycles. The van der Waals surface area contributed by atoms with Crippen LogP contribution in [-0.2, 0) is 0 Å². The minimum absolute atomic E-state index is 0.0209. The minimum Gasteiger partial charge on any atom is -0.506 e. The maximum Gasteiger partial charge on any atom is 0.265 e. The van der Waals surface area contributed by atoms with E-state index in [1.165, 1.54) is 23.5 Å². The van der Waals surface area contributed by atoms with Crippen molar-refractivity contribution in [2.45, 2.75) is 0 Å². The van der Waals surface area contributed by atoms with E-state index in [-0.39, 0.29) is 16.7 Å². The summed E-state index contributed by atoms with van der Waals surface area (Å²) in [6, 6.07) is 6.14. The van der Waals surface area contributed by atoms with Crippen LogP contribution in [0.3, 0.4) is 0 Å². The Labute approximate surface area is 113 Å². The number of aromatic hydroxyl groups is 1. The monoisotopic (exact) mass is 283 g/mol. The standard InChI is InChI=1S/C12H10ClNO3S/c1-17-8-5-11(18-6-8)12(16)14-7-2-3-10(15)9(13)4-7/h2-6,15H,1H3,(H,14,16). The molecule has 1 aromatic heterocycles. The van der Waals surface area contributed by atoms with Crippen molar-refractivity contribution in [3.8, 4) is 11.5 Å². The van der Waals surface area contributed by atoms with Crippen LogP contribution in [0.1, 0.15) is 9.67 Å². The van der Waals surface area contributed by atoms with Gasteiger partial charge in [-0.05, 0) is 18.2 Å². The number of benzene rings is 1. The number of rotatable bonds is 3. The van der Waals surface area contributed by atoms with Crippen LogP contribution in [0.2, 0.25) is 5.02 Å². The first-order valence-electron chi connectivity index (χ1n) is 5.02. The Morgan fingerprint density at radius 2 is 2.22 bits per heavy atom. The molecule has 0 fully saturated rings. The largest absolute Gasteiger partial charge is 0.506 e. The summed E-state index contributed by atoms with van der Waals surface area (Å²) in [5.74, 6) is 0.381. The second kappa shape index (κ2) is 5.29. The fourth-order valence-electron chi connectivity index (χ4n) is 1.32. The van der Waals surface area contributed by atoms with Gasteiger partial charge in [0.25, 0.3) is 5.91 Å². The molecule has 0 saturated heterocycles. The summed E-state index contributed by atoms with van der Waals surface area (Å²) in [5, 5.41) is 13.9. The normalized spacial score (nSPS) is 10.1. The van der Waals surface area contributed by atoms with Crippen molar-refractivity contribution in [1.29, 1.82) is 0 Å². The van der Waals surface area contributed by atoms with E-state index in [4.69, 9.17) is 16.3 Å². The second-order valence-electron chi connectivity index (χ2n) is 3.47. The summed E-state index contributed by atoms with van der Waals surface area (Å²) in [6.07, 6.45) is 0. The van der Waals surface area contributed by atoms with Gasteiger partial charge in [0.15, 0.2) is 0 Å². The van der Waals surface area contributed by atoms with Crippen molar-refractivity contribution in [3.05, 3.63) is 39.5 Å². The molecule has 4 nitrogen and oxygen atoms in total. The highest BCUT2D eigenvalue weighted by Crippen LogP contribution is 2.27. The molecule has 0 aliphatic carbocycles. The lowest BCUT2D eigenvalue weighted by atomic mass is 10.3. The Kier molecular flexibility index (Phi) is 3.74. The molecule has 0 radical (unpaired) electrons. The number of methoxy groups -OCH3 is 1. The predicted molar refractivity (Wildman–Crippen MR) is 71.9 cm³/mol. The van der Waals surface area contributed by atoms with Crippen molar-refractivity contribution in [3.63, 3.8) is 0 Å². The lowest BCUT2D eigenvalue weighted by Crippen LogP contribution is -2.09. The summed E-state index contributed by atoms with van der Waals surface area (Å²) < 4.78 is 5.01. The van der Waals surface area contributed by atoms with Crippen LogP contribution >= 0.6 is 22.9 Å². The summed E-state index contributed by atoms with van der Waals surface area (Å²) in [5.41, 5.74) is 0.523. The SMILES string of the molecule is COc1csc(C(=O)Nc2ccc(O)c(Cl)c2)c1. The van der Waals surface area contributed by atoms with Gasteiger partial charge < -0.3 is 15.2 Å². The number of phenols is 1. The summed E-state index contributed by atoms with van der Waals surface area (Å²) in [7, 11) is 1.55. The third kappa shape index (κ3) is 2.75. The van der Waals surface area contributed by atoms with Gasteiger partial charge in [-0.3, -0.25) is 4.79 Å². The molecule has 2 aromatic rings. The summed E-state index contributed by atoms with van der Waals surface area (Å²) in [6.45, 7) is 0. The van der Waals surface area contributed by atoms with Crippen LogP contribution in [0.25, 0.3) is 0 Å². The molecule has 18 heavy (non-hydrogen) atoms. The Balaban J connectivity index is 2.13. The molecule has 1 heterocycles. The first-order valence-corrected chi connectivity index (χ1v) is 6.28. The van der Waals surface area contributed by atoms with Crippen LogP contribution in [-0.4, -0.2) is 18.1 Å². The number of hydrogen-bond donors (Lipinski definition) is 2. The number of phenolic OH excluding ortho intramolecular Hbond substituents is 1. The van der Waals surface area contributed by atoms with Crippen molar-refractivity contribution >= 4 is 34.5 Å². The highest BCUT2D eigenvalue weighted by molar-refractivity contribution is 7.12. The Morgan fingerprint density at radius 1 is 1.44 bits per heavy atom. The Hall–Kier alpha value is -1.72. The third-order valence-electron chi connectivity index (χ3n) is 2.24. The van der Waals surface area contributed by atoms with Crippen LogP contribution in [0.15, 0.2) is 29.6 Å². The van der Waals surface area contributed by atoms with Gasteiger partial charge in [0.1, 0.15) is 11.5 Å². The van der Waals surface area contributed by atoms with Crippen LogP contribution in [0.4, 0.5) is 5.69 Å². The number of amides is 1. The Morgan fingerprint density at radius 3 is 2.83 bits per heavy atom. The summed E-state index contributed by atoms with van der Waals surface area (Å²) in [4.78, 5) is 12.4. The molecule has 94 valence electrons. The average Bonchev–Trinajstić information content (AvgIpc) is 2.82. The minimum atomic E-state index is -0.245. The zero-order chi connectivity index (χ0) is 13.1. The summed E-state index contributed by atoms with van der Waals surface area (Å²) >= 11 is 7.04. The number of carbonyl (C=O) groups is 1. The number of thiophene rings is 1. The predicted octanol–water partition coefficient (Wildman–Crippen LogP) is 3.37. The third-order valence-corrected chi connectivity index (χ3v) is 3.45. The second-order valence-corrected chi connectivity index (χ2v) is 4.79. The zero-order valence-corrected chi connectivity index (χ0v) is 11.0. The molecule has 0 bridgehead atoms. The molecule has 1 amide bonds. The molecule has 2 rings (SSSR count). The van der Waals surface area contributed by atoms with E-state index in [9.17, 15) is 9.90 Å². The molecular weight excluding hydrogens is 274 g/mol. The molecular formula is C12H10ClNO3S. The molecule has 6 heteroatoms. The van der Waals surface area contributed by atoms with Crippen molar-refractivity contribution < 1.29 is 14.6 Å². The molecule has 0 spiro atoms. The van der Waals surface area contributed by atoms with Gasteiger partial charge >= 0.3 is 0 Å². The number of hydrogen-bond acceptors (Lipinski definition) is 4. The number of anilines is 1. The molecule has 1 aromatic carbocycles. The number of ether oxygens (including phenoxy) is 1. The van der Waals surface area contributed by atoms with Crippen LogP contribution < -0.4 is 10.1 Å². The van der Waals surface area contributed by atoms with Gasteiger partial charge in [-0.1, -0.05) is 11.6 Å². The van der Waals surface area contributed by atoms with Gasteiger partial charge in [0.05, 0.1) is 17.0 Å². The van der Waals surface area contributed by atoms with Crippen LogP contribution in [0, 0.1) is 0 Å². The topological polar surface area (TPSA) is 58.6 Å². The van der Waals surface area contributed by atoms with Gasteiger partial charge in [0.2, 0.25) is 0 Å². The van der Waals surface area contributed by atoms with E-state index in [1.807, 2.05) is 0 Å². The van der Waals surface area contributed by atoms with Gasteiger partial charge in [-0.25, -0.2) is 0 Å². The maximum atomic E-state index is 11.9. The van der Waals surface area contributed by atoms with E-state index >= 15 is 0 Å². The lowest BCUT2D eigenvalue weighted by molar-refractivity contribution is 0.103. The fraction of sp³-hybridized carbons (Fsp3) is 0.0833. The first-order chi connectivity index (χ1) is 8.60. The molecule has 0 unspecified atom stereocenters. The van der Waals surface area contributed by atoms with Gasteiger partial charge in [-0.2, -0.15) is 0 Å². The van der Waals surface area contributed by atoms with Crippen LogP contribution in [0.5, 0.6) is 11.5 Å². The molecule has 2 N–H and O–H groups in total. The first kappa shape index (κ1) is 12.7. The quantitative estimate of drug-likeness (QED) is 0.849. The van der Waals surface area contributed by atoms with Crippen molar-refractivity contribution in [2.24, 2.45) is 0 Å². The van der Waals surface area contributed by atoms with E-state index in [0.717, 1.165) is 0 Å². The number of carbonyl (C=O) groups excluding carboxylic acids is 1. The highest BCUT2D eigenvalue weighted by Gasteiger charge is 2.10. The van der Waals surface area contributed by atoms with E-state index in [1.54, 1.807) is 24.6 Å². The van der Waals surface area contributed by atoms with E-state index in [0.29, 0.717) is 16.3 Å². The number of halogens is 1. The fourth-order valence-corrected chi connectivity index (χ4v) is 2.25. The van der Waals surface area contributed by atoms with Gasteiger partial charge in [0, 0.05) is 17.1 Å². The maximum absolute atomic E-state index is 11.9. The average molecular weight is 284 g/mol. The highest BCUT2D eigenvalue weighted by atomic mass is 35.5. The molecule has 0 aliphatic rings. The van der Waals surface area contributed by atoms with E-state index in [2.05, 4.69) is 5.32 Å². The smallest absolute Gasteiger partial charge is 0.265 e.